The zero-order valence-corrected chi connectivity index (χ0v) is 11.9. The minimum Gasteiger partial charge on any atom is -0.478 e. The van der Waals surface area contributed by atoms with Crippen molar-refractivity contribution < 1.29 is 14.7 Å². The largest absolute Gasteiger partial charge is 0.478 e. The lowest BCUT2D eigenvalue weighted by atomic mass is 10.1. The summed E-state index contributed by atoms with van der Waals surface area (Å²) in [6.45, 7) is 0.410. The minimum atomic E-state index is -0.961. The summed E-state index contributed by atoms with van der Waals surface area (Å²) in [5.41, 5.74) is 1.53. The Labute approximate surface area is 127 Å². The molecule has 2 aromatic rings. The molecule has 4 nitrogen and oxygen atoms in total. The smallest absolute Gasteiger partial charge is 0.335 e. The zero-order chi connectivity index (χ0) is 15.2. The molecular formula is C16H14ClNO3. The summed E-state index contributed by atoms with van der Waals surface area (Å²) in [6.07, 6.45) is 0.553. The van der Waals surface area contributed by atoms with Crippen molar-refractivity contribution in [2.45, 2.75) is 6.42 Å². The Morgan fingerprint density at radius 2 is 1.86 bits per heavy atom. The number of rotatable bonds is 5. The molecule has 0 spiro atoms. The number of carbonyl (C=O) groups is 2. The molecule has 5 heteroatoms. The van der Waals surface area contributed by atoms with E-state index in [0.29, 0.717) is 23.6 Å². The van der Waals surface area contributed by atoms with E-state index < -0.39 is 5.97 Å². The molecule has 0 aliphatic heterocycles. The predicted molar refractivity (Wildman–Crippen MR) is 80.9 cm³/mol. The highest BCUT2D eigenvalue weighted by molar-refractivity contribution is 6.33. The topological polar surface area (TPSA) is 66.4 Å². The number of aromatic carboxylic acids is 1. The van der Waals surface area contributed by atoms with Gasteiger partial charge in [0.15, 0.2) is 0 Å². The van der Waals surface area contributed by atoms with E-state index in [2.05, 4.69) is 5.32 Å². The van der Waals surface area contributed by atoms with Crippen LogP contribution < -0.4 is 5.32 Å². The van der Waals surface area contributed by atoms with Gasteiger partial charge in [-0.05, 0) is 36.2 Å². The van der Waals surface area contributed by atoms with Gasteiger partial charge in [-0.1, -0.05) is 35.9 Å². The molecule has 0 aliphatic carbocycles. The summed E-state index contributed by atoms with van der Waals surface area (Å²) in [5.74, 6) is -1.20. The van der Waals surface area contributed by atoms with Crippen molar-refractivity contribution in [3.63, 3.8) is 0 Å². The van der Waals surface area contributed by atoms with E-state index in [9.17, 15) is 9.59 Å². The summed E-state index contributed by atoms with van der Waals surface area (Å²) in [6, 6.07) is 13.5. The van der Waals surface area contributed by atoms with Gasteiger partial charge in [0.2, 0.25) is 0 Å². The highest BCUT2D eigenvalue weighted by atomic mass is 35.5. The Bertz CT molecular complexity index is 670. The van der Waals surface area contributed by atoms with Crippen molar-refractivity contribution in [2.24, 2.45) is 0 Å². The maximum atomic E-state index is 11.9. The Balaban J connectivity index is 1.93. The van der Waals surface area contributed by atoms with Crippen molar-refractivity contribution >= 4 is 23.5 Å². The van der Waals surface area contributed by atoms with Crippen LogP contribution in [0.15, 0.2) is 48.5 Å². The van der Waals surface area contributed by atoms with E-state index >= 15 is 0 Å². The summed E-state index contributed by atoms with van der Waals surface area (Å²) in [4.78, 5) is 22.8. The monoisotopic (exact) mass is 303 g/mol. The second-order valence-electron chi connectivity index (χ2n) is 4.49. The molecule has 2 N–H and O–H groups in total. The van der Waals surface area contributed by atoms with E-state index in [-0.39, 0.29) is 11.5 Å². The first-order chi connectivity index (χ1) is 10.1. The number of carbonyl (C=O) groups excluding carboxylic acids is 1. The van der Waals surface area contributed by atoms with Crippen LogP contribution in [0, 0.1) is 0 Å². The molecule has 0 heterocycles. The number of benzene rings is 2. The molecule has 0 unspecified atom stereocenters. The van der Waals surface area contributed by atoms with Crippen LogP contribution in [0.3, 0.4) is 0 Å². The van der Waals surface area contributed by atoms with Crippen molar-refractivity contribution in [3.05, 3.63) is 70.2 Å². The summed E-state index contributed by atoms with van der Waals surface area (Å²) < 4.78 is 0. The van der Waals surface area contributed by atoms with Gasteiger partial charge in [-0.25, -0.2) is 4.79 Å². The Morgan fingerprint density at radius 3 is 2.57 bits per heavy atom. The van der Waals surface area contributed by atoms with E-state index in [1.54, 1.807) is 36.4 Å². The molecular weight excluding hydrogens is 290 g/mol. The molecule has 21 heavy (non-hydrogen) atoms. The van der Waals surface area contributed by atoms with Gasteiger partial charge in [-0.3, -0.25) is 4.79 Å². The van der Waals surface area contributed by atoms with Gasteiger partial charge in [0.25, 0.3) is 5.91 Å². The standard InChI is InChI=1S/C16H14ClNO3/c17-14-7-2-1-6-13(14)15(19)18-9-8-11-4-3-5-12(10-11)16(20)21/h1-7,10H,8-9H2,(H,18,19)(H,20,21). The zero-order valence-electron chi connectivity index (χ0n) is 11.2. The van der Waals surface area contributed by atoms with E-state index in [4.69, 9.17) is 16.7 Å². The van der Waals surface area contributed by atoms with Crippen LogP contribution in [0.5, 0.6) is 0 Å². The second-order valence-corrected chi connectivity index (χ2v) is 4.90. The highest BCUT2D eigenvalue weighted by Gasteiger charge is 2.09. The quantitative estimate of drug-likeness (QED) is 0.892. The number of hydrogen-bond donors (Lipinski definition) is 2. The molecule has 2 aromatic carbocycles. The Kier molecular flexibility index (Phi) is 4.95. The van der Waals surface area contributed by atoms with Crippen molar-refractivity contribution in [2.75, 3.05) is 6.54 Å². The van der Waals surface area contributed by atoms with E-state index in [1.165, 1.54) is 6.07 Å². The summed E-state index contributed by atoms with van der Waals surface area (Å²) in [7, 11) is 0. The molecule has 0 atom stereocenters. The normalized spacial score (nSPS) is 10.1. The van der Waals surface area contributed by atoms with Crippen molar-refractivity contribution in [1.82, 2.24) is 5.32 Å². The van der Waals surface area contributed by atoms with Crippen molar-refractivity contribution in [3.8, 4) is 0 Å². The van der Waals surface area contributed by atoms with Crippen LogP contribution >= 0.6 is 11.6 Å². The van der Waals surface area contributed by atoms with Gasteiger partial charge in [0.05, 0.1) is 16.1 Å². The molecule has 0 saturated carbocycles. The van der Waals surface area contributed by atoms with Crippen molar-refractivity contribution in [1.29, 1.82) is 0 Å². The fraction of sp³-hybridized carbons (Fsp3) is 0.125. The lowest BCUT2D eigenvalue weighted by molar-refractivity contribution is 0.0696. The molecule has 2 rings (SSSR count). The third kappa shape index (κ3) is 4.07. The lowest BCUT2D eigenvalue weighted by Gasteiger charge is -2.07. The average Bonchev–Trinajstić information content (AvgIpc) is 2.48. The average molecular weight is 304 g/mol. The van der Waals surface area contributed by atoms with Gasteiger partial charge in [0, 0.05) is 6.54 Å². The minimum absolute atomic E-state index is 0.241. The fourth-order valence-electron chi connectivity index (χ4n) is 1.92. The molecule has 0 saturated heterocycles. The summed E-state index contributed by atoms with van der Waals surface area (Å²) >= 11 is 5.94. The van der Waals surface area contributed by atoms with Gasteiger partial charge in [-0.15, -0.1) is 0 Å². The number of halogens is 1. The number of nitrogens with one attached hydrogen (secondary N) is 1. The maximum Gasteiger partial charge on any atom is 0.335 e. The van der Waals surface area contributed by atoms with Gasteiger partial charge in [-0.2, -0.15) is 0 Å². The van der Waals surface area contributed by atoms with Gasteiger partial charge in [0.1, 0.15) is 0 Å². The third-order valence-corrected chi connectivity index (χ3v) is 3.32. The number of hydrogen-bond acceptors (Lipinski definition) is 2. The maximum absolute atomic E-state index is 11.9. The number of carboxylic acids is 1. The fourth-order valence-corrected chi connectivity index (χ4v) is 2.14. The molecule has 0 fully saturated rings. The first-order valence-electron chi connectivity index (χ1n) is 6.43. The van der Waals surface area contributed by atoms with Gasteiger partial charge < -0.3 is 10.4 Å². The van der Waals surface area contributed by atoms with Crippen LogP contribution in [0.1, 0.15) is 26.3 Å². The molecule has 0 aromatic heterocycles. The molecule has 0 aliphatic rings. The first kappa shape index (κ1) is 15.1. The molecule has 108 valence electrons. The van der Waals surface area contributed by atoms with Crippen LogP contribution in [0.4, 0.5) is 0 Å². The predicted octanol–water partition coefficient (Wildman–Crippen LogP) is 3.01. The van der Waals surface area contributed by atoms with E-state index in [1.807, 2.05) is 6.07 Å². The third-order valence-electron chi connectivity index (χ3n) is 2.99. The second kappa shape index (κ2) is 6.90. The molecule has 1 amide bonds. The van der Waals surface area contributed by atoms with Crippen LogP contribution in [-0.2, 0) is 6.42 Å². The highest BCUT2D eigenvalue weighted by Crippen LogP contribution is 2.14. The van der Waals surface area contributed by atoms with Crippen LogP contribution in [0.2, 0.25) is 5.02 Å². The van der Waals surface area contributed by atoms with E-state index in [0.717, 1.165) is 5.56 Å². The number of amides is 1. The molecule has 0 bridgehead atoms. The van der Waals surface area contributed by atoms with Crippen LogP contribution in [0.25, 0.3) is 0 Å². The van der Waals surface area contributed by atoms with Crippen LogP contribution in [-0.4, -0.2) is 23.5 Å². The summed E-state index contributed by atoms with van der Waals surface area (Å²) in [5, 5.41) is 12.1. The lowest BCUT2D eigenvalue weighted by Crippen LogP contribution is -2.26. The Morgan fingerprint density at radius 1 is 1.10 bits per heavy atom. The Hall–Kier alpha value is -2.33. The first-order valence-corrected chi connectivity index (χ1v) is 6.80. The van der Waals surface area contributed by atoms with Gasteiger partial charge >= 0.3 is 5.97 Å². The molecule has 0 radical (unpaired) electrons. The SMILES string of the molecule is O=C(O)c1cccc(CCNC(=O)c2ccccc2Cl)c1. The number of carboxylic acid groups (broad SMARTS) is 1.